The number of hydrogen-bond donors (Lipinski definition) is 3. The lowest BCUT2D eigenvalue weighted by molar-refractivity contribution is -0.107. The minimum absolute atomic E-state index is 0.0516. The van der Waals surface area contributed by atoms with Crippen molar-refractivity contribution in [2.75, 3.05) is 10.6 Å². The van der Waals surface area contributed by atoms with Crippen molar-refractivity contribution in [3.05, 3.63) is 11.7 Å². The fraction of sp³-hybridized carbons (Fsp3) is 0.688. The molecule has 0 bridgehead atoms. The normalized spacial score (nSPS) is 24.7. The first-order valence-corrected chi connectivity index (χ1v) is 8.58. The molecule has 1 aromatic rings. The number of aliphatic hydroxyl groups is 1. The Morgan fingerprint density at radius 3 is 2.30 bits per heavy atom. The predicted octanol–water partition coefficient (Wildman–Crippen LogP) is 3.37. The van der Waals surface area contributed by atoms with E-state index >= 15 is 0 Å². The van der Waals surface area contributed by atoms with Gasteiger partial charge in [0.15, 0.2) is 11.9 Å². The van der Waals surface area contributed by atoms with Crippen molar-refractivity contribution in [3.63, 3.8) is 0 Å². The van der Waals surface area contributed by atoms with Gasteiger partial charge >= 0.3 is 0 Å². The minimum Gasteiger partial charge on any atom is -0.380 e. The Balaban J connectivity index is 1.92. The van der Waals surface area contributed by atoms with E-state index in [-0.39, 0.29) is 48.6 Å². The van der Waals surface area contributed by atoms with Crippen LogP contribution in [0.15, 0.2) is 5.83 Å². The number of anilines is 2. The Bertz CT molecular complexity index is 747. The molecular weight excluding hydrogens is 373 g/mol. The van der Waals surface area contributed by atoms with Crippen molar-refractivity contribution in [3.8, 4) is 0 Å². The molecule has 1 saturated carbocycles. The summed E-state index contributed by atoms with van der Waals surface area (Å²) in [5.41, 5.74) is -0.246. The molecule has 11 heteroatoms. The summed E-state index contributed by atoms with van der Waals surface area (Å²) in [6.07, 6.45) is -4.47. The maximum Gasteiger partial charge on any atom is 0.280 e. The molecule has 1 unspecified atom stereocenters. The molecule has 1 aromatic heterocycles. The maximum atomic E-state index is 14.3. The number of alkyl halides is 4. The van der Waals surface area contributed by atoms with Crippen LogP contribution in [0.3, 0.4) is 0 Å². The second-order valence-corrected chi connectivity index (χ2v) is 7.20. The van der Waals surface area contributed by atoms with Gasteiger partial charge in [-0.3, -0.25) is 0 Å². The smallest absolute Gasteiger partial charge is 0.280 e. The number of nitrogens with zero attached hydrogens (tertiary/aromatic N) is 3. The Morgan fingerprint density at radius 2 is 1.70 bits per heavy atom. The molecule has 0 spiro atoms. The van der Waals surface area contributed by atoms with E-state index in [2.05, 4.69) is 25.6 Å². The highest BCUT2D eigenvalue weighted by Gasteiger charge is 2.47. The van der Waals surface area contributed by atoms with Gasteiger partial charge < -0.3 is 15.7 Å². The van der Waals surface area contributed by atoms with Crippen LogP contribution < -0.4 is 10.6 Å². The summed E-state index contributed by atoms with van der Waals surface area (Å²) in [5, 5.41) is 15.1. The number of allylic oxidation sites excluding steroid dienone is 1. The van der Waals surface area contributed by atoms with Crippen LogP contribution in [0.2, 0.25) is 0 Å². The van der Waals surface area contributed by atoms with Crippen molar-refractivity contribution >= 4 is 17.5 Å². The molecule has 3 rings (SSSR count). The zero-order valence-corrected chi connectivity index (χ0v) is 14.7. The molecule has 0 aliphatic heterocycles. The standard InChI is InChI=1S/C16H20F5N5O/c1-7(2)22-13-24-12(9-3-4-16(20,21)11(27)10(9)17)25-14(26-13)23-8-5-15(18,19)6-8/h7-8,11,27H,3-6H2,1-2H3,(H2,22,23,24,25,26). The van der Waals surface area contributed by atoms with E-state index in [0.29, 0.717) is 0 Å². The molecule has 150 valence electrons. The van der Waals surface area contributed by atoms with Crippen LogP contribution in [0.4, 0.5) is 33.8 Å². The summed E-state index contributed by atoms with van der Waals surface area (Å²) in [4.78, 5) is 12.1. The van der Waals surface area contributed by atoms with Gasteiger partial charge in [0.05, 0.1) is 0 Å². The molecule has 2 aliphatic rings. The number of nitrogens with one attached hydrogen (secondary N) is 2. The second-order valence-electron chi connectivity index (χ2n) is 7.20. The van der Waals surface area contributed by atoms with Crippen LogP contribution in [0.25, 0.3) is 5.57 Å². The topological polar surface area (TPSA) is 83.0 Å². The largest absolute Gasteiger partial charge is 0.380 e. The zero-order chi connectivity index (χ0) is 20.0. The van der Waals surface area contributed by atoms with E-state index in [1.165, 1.54) is 0 Å². The van der Waals surface area contributed by atoms with Gasteiger partial charge in [-0.05, 0) is 20.3 Å². The van der Waals surface area contributed by atoms with E-state index in [1.807, 2.05) is 0 Å². The molecule has 1 fully saturated rings. The summed E-state index contributed by atoms with van der Waals surface area (Å²) >= 11 is 0. The molecule has 0 radical (unpaired) electrons. The summed E-state index contributed by atoms with van der Waals surface area (Å²) in [6, 6.07) is -0.650. The van der Waals surface area contributed by atoms with Crippen molar-refractivity contribution in [1.82, 2.24) is 15.0 Å². The third-order valence-electron chi connectivity index (χ3n) is 4.38. The third-order valence-corrected chi connectivity index (χ3v) is 4.38. The number of hydrogen-bond acceptors (Lipinski definition) is 6. The van der Waals surface area contributed by atoms with E-state index in [0.717, 1.165) is 0 Å². The predicted molar refractivity (Wildman–Crippen MR) is 88.4 cm³/mol. The minimum atomic E-state index is -3.57. The van der Waals surface area contributed by atoms with Crippen LogP contribution in [0, 0.1) is 0 Å². The molecule has 1 heterocycles. The highest BCUT2D eigenvalue weighted by atomic mass is 19.3. The second kappa shape index (κ2) is 6.84. The van der Waals surface area contributed by atoms with E-state index in [9.17, 15) is 27.1 Å². The monoisotopic (exact) mass is 393 g/mol. The van der Waals surface area contributed by atoms with Gasteiger partial charge in [0, 0.05) is 36.9 Å². The van der Waals surface area contributed by atoms with Crippen LogP contribution in [-0.2, 0) is 0 Å². The van der Waals surface area contributed by atoms with Crippen molar-refractivity contribution < 1.29 is 27.1 Å². The van der Waals surface area contributed by atoms with Crippen molar-refractivity contribution in [2.45, 2.75) is 69.6 Å². The van der Waals surface area contributed by atoms with Crippen molar-refractivity contribution in [1.29, 1.82) is 0 Å². The first-order valence-electron chi connectivity index (χ1n) is 8.58. The Labute approximate surface area is 152 Å². The molecule has 0 saturated heterocycles. The fourth-order valence-corrected chi connectivity index (χ4v) is 2.96. The van der Waals surface area contributed by atoms with Gasteiger partial charge in [-0.25, -0.2) is 22.0 Å². The van der Waals surface area contributed by atoms with Crippen LogP contribution in [-0.4, -0.2) is 50.1 Å². The lowest BCUT2D eigenvalue weighted by Crippen LogP contribution is -2.44. The first-order chi connectivity index (χ1) is 12.5. The molecule has 3 N–H and O–H groups in total. The SMILES string of the molecule is CC(C)Nc1nc(NC2CC(F)(F)C2)nc(C2=C(F)C(O)C(F)(F)CC2)n1. The lowest BCUT2D eigenvalue weighted by atomic mass is 9.88. The Morgan fingerprint density at radius 1 is 1.07 bits per heavy atom. The van der Waals surface area contributed by atoms with E-state index in [1.54, 1.807) is 13.8 Å². The van der Waals surface area contributed by atoms with Gasteiger partial charge in [-0.2, -0.15) is 15.0 Å². The Kier molecular flexibility index (Phi) is 5.00. The molecule has 0 aromatic carbocycles. The average Bonchev–Trinajstić information content (AvgIpc) is 2.50. The summed E-state index contributed by atoms with van der Waals surface area (Å²) in [6.45, 7) is 3.60. The van der Waals surface area contributed by atoms with E-state index < -0.39 is 36.2 Å². The van der Waals surface area contributed by atoms with Gasteiger partial charge in [0.1, 0.15) is 5.83 Å². The molecule has 0 amide bonds. The Hall–Kier alpha value is -2.04. The molecule has 6 nitrogen and oxygen atoms in total. The van der Waals surface area contributed by atoms with E-state index in [4.69, 9.17) is 0 Å². The highest BCUT2D eigenvalue weighted by molar-refractivity contribution is 5.66. The first kappa shape index (κ1) is 19.7. The van der Waals surface area contributed by atoms with Gasteiger partial charge in [-0.1, -0.05) is 0 Å². The summed E-state index contributed by atoms with van der Waals surface area (Å²) in [5.74, 6) is -7.94. The van der Waals surface area contributed by atoms with Crippen LogP contribution in [0.1, 0.15) is 45.4 Å². The zero-order valence-electron chi connectivity index (χ0n) is 14.7. The van der Waals surface area contributed by atoms with Gasteiger partial charge in [0.25, 0.3) is 11.8 Å². The van der Waals surface area contributed by atoms with Crippen LogP contribution in [0.5, 0.6) is 0 Å². The van der Waals surface area contributed by atoms with Crippen LogP contribution >= 0.6 is 0 Å². The van der Waals surface area contributed by atoms with Crippen molar-refractivity contribution in [2.24, 2.45) is 0 Å². The van der Waals surface area contributed by atoms with Gasteiger partial charge in [0.2, 0.25) is 11.9 Å². The summed E-state index contributed by atoms with van der Waals surface area (Å²) in [7, 11) is 0. The quantitative estimate of drug-likeness (QED) is 0.666. The lowest BCUT2D eigenvalue weighted by Gasteiger charge is -2.35. The summed E-state index contributed by atoms with van der Waals surface area (Å²) < 4.78 is 67.3. The molecule has 1 atom stereocenters. The number of aromatic nitrogens is 3. The molecule has 2 aliphatic carbocycles. The maximum absolute atomic E-state index is 14.3. The number of rotatable bonds is 5. The number of aliphatic hydroxyl groups excluding tert-OH is 1. The fourth-order valence-electron chi connectivity index (χ4n) is 2.96. The number of halogens is 5. The third kappa shape index (κ3) is 4.28. The molecule has 27 heavy (non-hydrogen) atoms. The van der Waals surface area contributed by atoms with Gasteiger partial charge in [-0.15, -0.1) is 0 Å². The average molecular weight is 393 g/mol. The molecular formula is C16H20F5N5O. The highest BCUT2D eigenvalue weighted by Crippen LogP contribution is 2.41.